The van der Waals surface area contributed by atoms with Gasteiger partial charge in [0.15, 0.2) is 0 Å². The molecule has 2 aromatic carbocycles. The Kier molecular flexibility index (Phi) is 5.21. The lowest BCUT2D eigenvalue weighted by atomic mass is 9.76. The summed E-state index contributed by atoms with van der Waals surface area (Å²) in [6, 6.07) is 16.8. The molecule has 2 aromatic rings. The van der Waals surface area contributed by atoms with Crippen LogP contribution in [0, 0.1) is 0 Å². The van der Waals surface area contributed by atoms with E-state index >= 15 is 0 Å². The number of methoxy groups -OCH3 is 1. The highest BCUT2D eigenvalue weighted by Crippen LogP contribution is 2.34. The first kappa shape index (κ1) is 16.1. The van der Waals surface area contributed by atoms with E-state index in [-0.39, 0.29) is 5.97 Å². The summed E-state index contributed by atoms with van der Waals surface area (Å²) in [4.78, 5) is 12.8. The van der Waals surface area contributed by atoms with Crippen molar-refractivity contribution >= 4 is 5.97 Å². The van der Waals surface area contributed by atoms with Crippen LogP contribution in [0.1, 0.15) is 32.3 Å². The number of hydrogen-bond acceptors (Lipinski definition) is 3. The summed E-state index contributed by atoms with van der Waals surface area (Å²) in [5, 5.41) is 0. The second-order valence-corrected chi connectivity index (χ2v) is 5.22. The number of benzene rings is 2. The summed E-state index contributed by atoms with van der Waals surface area (Å²) < 4.78 is 10.8. The molecule has 0 aliphatic rings. The number of para-hydroxylation sites is 1. The van der Waals surface area contributed by atoms with E-state index in [1.54, 1.807) is 19.2 Å². The van der Waals surface area contributed by atoms with Gasteiger partial charge >= 0.3 is 5.97 Å². The summed E-state index contributed by atoms with van der Waals surface area (Å²) in [5.41, 5.74) is 0.321. The summed E-state index contributed by atoms with van der Waals surface area (Å²) in [6.45, 7) is 4.03. The number of hydrogen-bond donors (Lipinski definition) is 0. The van der Waals surface area contributed by atoms with E-state index < -0.39 is 5.41 Å². The molecule has 0 spiro atoms. The molecule has 0 saturated heterocycles. The van der Waals surface area contributed by atoms with E-state index in [1.807, 2.05) is 56.3 Å². The Morgan fingerprint density at radius 3 is 2.00 bits per heavy atom. The van der Waals surface area contributed by atoms with Crippen LogP contribution in [0.5, 0.6) is 11.5 Å². The lowest BCUT2D eigenvalue weighted by Crippen LogP contribution is -2.38. The molecule has 0 amide bonds. The molecule has 3 heteroatoms. The van der Waals surface area contributed by atoms with Crippen LogP contribution in [-0.4, -0.2) is 13.1 Å². The minimum atomic E-state index is -0.637. The van der Waals surface area contributed by atoms with Crippen molar-refractivity contribution in [2.75, 3.05) is 7.11 Å². The van der Waals surface area contributed by atoms with Crippen LogP contribution < -0.4 is 9.47 Å². The molecule has 0 atom stereocenters. The summed E-state index contributed by atoms with van der Waals surface area (Å²) in [6.07, 6.45) is 1.36. The molecule has 0 unspecified atom stereocenters. The van der Waals surface area contributed by atoms with Crippen molar-refractivity contribution < 1.29 is 14.3 Å². The average molecular weight is 298 g/mol. The quantitative estimate of drug-likeness (QED) is 0.587. The fourth-order valence-electron chi connectivity index (χ4n) is 2.67. The van der Waals surface area contributed by atoms with Gasteiger partial charge in [0.25, 0.3) is 0 Å². The molecule has 0 N–H and O–H groups in total. The van der Waals surface area contributed by atoms with E-state index in [4.69, 9.17) is 9.47 Å². The molecule has 3 nitrogen and oxygen atoms in total. The van der Waals surface area contributed by atoms with Gasteiger partial charge in [0, 0.05) is 0 Å². The highest BCUT2D eigenvalue weighted by atomic mass is 16.5. The van der Waals surface area contributed by atoms with Gasteiger partial charge in [-0.1, -0.05) is 44.2 Å². The van der Waals surface area contributed by atoms with Crippen LogP contribution in [0.4, 0.5) is 0 Å². The summed E-state index contributed by atoms with van der Waals surface area (Å²) in [7, 11) is 1.63. The predicted molar refractivity (Wildman–Crippen MR) is 87.3 cm³/mol. The lowest BCUT2D eigenvalue weighted by Gasteiger charge is -2.29. The SMILES string of the molecule is CCC(CC)(C(=O)Oc1ccccc1)c1ccc(OC)cc1. The molecule has 116 valence electrons. The van der Waals surface area contributed by atoms with E-state index in [0.29, 0.717) is 18.6 Å². The Bertz CT molecular complexity index is 598. The molecule has 22 heavy (non-hydrogen) atoms. The zero-order chi connectivity index (χ0) is 16.0. The van der Waals surface area contributed by atoms with E-state index in [1.165, 1.54) is 0 Å². The van der Waals surface area contributed by atoms with Gasteiger partial charge < -0.3 is 9.47 Å². The topological polar surface area (TPSA) is 35.5 Å². The van der Waals surface area contributed by atoms with Crippen LogP contribution in [-0.2, 0) is 10.2 Å². The molecule has 0 heterocycles. The van der Waals surface area contributed by atoms with E-state index in [9.17, 15) is 4.79 Å². The van der Waals surface area contributed by atoms with Crippen molar-refractivity contribution in [3.05, 3.63) is 60.2 Å². The zero-order valence-electron chi connectivity index (χ0n) is 13.3. The maximum absolute atomic E-state index is 12.8. The standard InChI is InChI=1S/C19H22O3/c1-4-19(5-2,15-11-13-16(21-3)14-12-15)18(20)22-17-9-7-6-8-10-17/h6-14H,4-5H2,1-3H3. The third-order valence-electron chi connectivity index (χ3n) is 4.19. The van der Waals surface area contributed by atoms with Crippen molar-refractivity contribution in [3.8, 4) is 11.5 Å². The number of ether oxygens (including phenoxy) is 2. The average Bonchev–Trinajstić information content (AvgIpc) is 2.58. The number of rotatable bonds is 6. The highest BCUT2D eigenvalue weighted by Gasteiger charge is 2.38. The predicted octanol–water partition coefficient (Wildman–Crippen LogP) is 4.36. The number of carbonyl (C=O) groups excluding carboxylic acids is 1. The Labute approximate surface area is 131 Å². The maximum atomic E-state index is 12.8. The highest BCUT2D eigenvalue weighted by molar-refractivity contribution is 5.85. The Balaban J connectivity index is 2.31. The van der Waals surface area contributed by atoms with Crippen molar-refractivity contribution in [1.82, 2.24) is 0 Å². The molecule has 0 bridgehead atoms. The second kappa shape index (κ2) is 7.12. The van der Waals surface area contributed by atoms with Crippen LogP contribution in [0.2, 0.25) is 0 Å². The maximum Gasteiger partial charge on any atom is 0.321 e. The minimum Gasteiger partial charge on any atom is -0.497 e. The van der Waals surface area contributed by atoms with Crippen molar-refractivity contribution in [1.29, 1.82) is 0 Å². The smallest absolute Gasteiger partial charge is 0.321 e. The lowest BCUT2D eigenvalue weighted by molar-refractivity contribution is -0.141. The van der Waals surface area contributed by atoms with Gasteiger partial charge in [-0.2, -0.15) is 0 Å². The second-order valence-electron chi connectivity index (χ2n) is 5.22. The Morgan fingerprint density at radius 2 is 1.50 bits per heavy atom. The molecule has 0 radical (unpaired) electrons. The summed E-state index contributed by atoms with van der Waals surface area (Å²) in [5.74, 6) is 1.14. The third kappa shape index (κ3) is 3.14. The van der Waals surface area contributed by atoms with Gasteiger partial charge in [0.05, 0.1) is 12.5 Å². The Hall–Kier alpha value is -2.29. The van der Waals surface area contributed by atoms with Crippen molar-refractivity contribution in [2.24, 2.45) is 0 Å². The first-order valence-corrected chi connectivity index (χ1v) is 7.58. The molecule has 0 aliphatic heterocycles. The van der Waals surface area contributed by atoms with Crippen molar-refractivity contribution in [3.63, 3.8) is 0 Å². The molecular formula is C19H22O3. The minimum absolute atomic E-state index is 0.214. The number of carbonyl (C=O) groups is 1. The van der Waals surface area contributed by atoms with Gasteiger partial charge in [-0.05, 0) is 42.7 Å². The molecule has 0 fully saturated rings. The van der Waals surface area contributed by atoms with Gasteiger partial charge in [-0.15, -0.1) is 0 Å². The summed E-state index contributed by atoms with van der Waals surface area (Å²) >= 11 is 0. The first-order valence-electron chi connectivity index (χ1n) is 7.58. The van der Waals surface area contributed by atoms with E-state index in [0.717, 1.165) is 11.3 Å². The molecule has 2 rings (SSSR count). The molecule has 0 aromatic heterocycles. The fourth-order valence-corrected chi connectivity index (χ4v) is 2.67. The zero-order valence-corrected chi connectivity index (χ0v) is 13.3. The van der Waals surface area contributed by atoms with Crippen LogP contribution in [0.3, 0.4) is 0 Å². The fraction of sp³-hybridized carbons (Fsp3) is 0.316. The largest absolute Gasteiger partial charge is 0.497 e. The number of esters is 1. The van der Waals surface area contributed by atoms with Gasteiger partial charge in [-0.25, -0.2) is 0 Å². The molecule has 0 aliphatic carbocycles. The normalized spacial score (nSPS) is 11.0. The Morgan fingerprint density at radius 1 is 0.909 bits per heavy atom. The third-order valence-corrected chi connectivity index (χ3v) is 4.19. The monoisotopic (exact) mass is 298 g/mol. The van der Waals surface area contributed by atoms with Crippen LogP contribution >= 0.6 is 0 Å². The van der Waals surface area contributed by atoms with Crippen LogP contribution in [0.15, 0.2) is 54.6 Å². The van der Waals surface area contributed by atoms with Gasteiger partial charge in [0.1, 0.15) is 11.5 Å². The van der Waals surface area contributed by atoms with E-state index in [2.05, 4.69) is 0 Å². The first-order chi connectivity index (χ1) is 10.7. The van der Waals surface area contributed by atoms with Gasteiger partial charge in [-0.3, -0.25) is 4.79 Å². The molecular weight excluding hydrogens is 276 g/mol. The van der Waals surface area contributed by atoms with Gasteiger partial charge in [0.2, 0.25) is 0 Å². The molecule has 0 saturated carbocycles. The van der Waals surface area contributed by atoms with Crippen LogP contribution in [0.25, 0.3) is 0 Å². The van der Waals surface area contributed by atoms with Crippen molar-refractivity contribution in [2.45, 2.75) is 32.1 Å².